The first-order valence-electron chi connectivity index (χ1n) is 10.00. The molecule has 2 nitrogen and oxygen atoms in total. The van der Waals surface area contributed by atoms with Gasteiger partial charge in [0, 0.05) is 16.0 Å². The van der Waals surface area contributed by atoms with E-state index in [1.165, 1.54) is 60.8 Å². The van der Waals surface area contributed by atoms with E-state index in [0.29, 0.717) is 0 Å². The molecule has 0 saturated carbocycles. The topological polar surface area (TPSA) is 16.1 Å². The van der Waals surface area contributed by atoms with Gasteiger partial charge in [-0.2, -0.15) is 4.37 Å². The molecule has 0 radical (unpaired) electrons. The van der Waals surface area contributed by atoms with Gasteiger partial charge in [-0.25, -0.2) is 0 Å². The van der Waals surface area contributed by atoms with E-state index in [1.54, 1.807) is 11.5 Å². The fourth-order valence-corrected chi connectivity index (χ4v) is 4.39. The minimum absolute atomic E-state index is 0.761. The fraction of sp³-hybridized carbons (Fsp3) is 0.435. The van der Waals surface area contributed by atoms with Crippen molar-refractivity contribution in [1.82, 2.24) is 9.27 Å². The van der Waals surface area contributed by atoms with Crippen molar-refractivity contribution in [2.24, 2.45) is 0 Å². The summed E-state index contributed by atoms with van der Waals surface area (Å²) in [4.78, 5) is 2.47. The third kappa shape index (κ3) is 5.78. The Hall–Kier alpha value is -1.42. The first-order chi connectivity index (χ1) is 13.2. The lowest BCUT2D eigenvalue weighted by atomic mass is 10.0. The fourth-order valence-electron chi connectivity index (χ4n) is 3.41. The third-order valence-electron chi connectivity index (χ3n) is 5.05. The van der Waals surface area contributed by atoms with Crippen LogP contribution in [-0.4, -0.2) is 29.4 Å². The van der Waals surface area contributed by atoms with Gasteiger partial charge in [0.2, 0.25) is 0 Å². The van der Waals surface area contributed by atoms with E-state index in [2.05, 4.69) is 41.4 Å². The van der Waals surface area contributed by atoms with Crippen molar-refractivity contribution >= 4 is 33.2 Å². The predicted octanol–water partition coefficient (Wildman–Crippen LogP) is 7.06. The van der Waals surface area contributed by atoms with Gasteiger partial charge in [0.1, 0.15) is 0 Å². The predicted molar refractivity (Wildman–Crippen MR) is 120 cm³/mol. The highest BCUT2D eigenvalue weighted by atomic mass is 35.5. The SMILES string of the molecule is CCCCCN(C)CCCCc1ccc2c(-c3ccc(Cl)cc3)nsc2c1. The summed E-state index contributed by atoms with van der Waals surface area (Å²) in [7, 11) is 2.25. The van der Waals surface area contributed by atoms with E-state index in [1.807, 2.05) is 24.3 Å². The van der Waals surface area contributed by atoms with Crippen LogP contribution in [0.1, 0.15) is 44.6 Å². The summed E-state index contributed by atoms with van der Waals surface area (Å²) in [5, 5.41) is 2.00. The molecule has 0 amide bonds. The molecular formula is C23H29ClN2S. The maximum atomic E-state index is 6.00. The standard InChI is InChI=1S/C23H29ClN2S/c1-3-4-6-15-26(2)16-7-5-8-18-9-14-21-22(17-18)27-25-23(21)19-10-12-20(24)13-11-19/h9-14,17H,3-8,15-16H2,1-2H3. The Morgan fingerprint density at radius 1 is 0.963 bits per heavy atom. The minimum Gasteiger partial charge on any atom is -0.306 e. The van der Waals surface area contributed by atoms with Crippen LogP contribution >= 0.6 is 23.1 Å². The van der Waals surface area contributed by atoms with Crippen LogP contribution in [0.2, 0.25) is 5.02 Å². The molecular weight excluding hydrogens is 372 g/mol. The summed E-state index contributed by atoms with van der Waals surface area (Å²) < 4.78 is 5.96. The van der Waals surface area contributed by atoms with E-state index in [0.717, 1.165) is 22.7 Å². The third-order valence-corrected chi connectivity index (χ3v) is 6.11. The number of halogens is 1. The molecule has 0 aliphatic heterocycles. The summed E-state index contributed by atoms with van der Waals surface area (Å²) in [6, 6.07) is 14.8. The van der Waals surface area contributed by atoms with Gasteiger partial charge >= 0.3 is 0 Å². The zero-order valence-electron chi connectivity index (χ0n) is 16.4. The molecule has 0 spiro atoms. The molecule has 3 aromatic rings. The molecule has 0 aliphatic carbocycles. The number of hydrogen-bond acceptors (Lipinski definition) is 3. The number of unbranched alkanes of at least 4 members (excludes halogenated alkanes) is 3. The number of nitrogens with zero attached hydrogens (tertiary/aromatic N) is 2. The second-order valence-electron chi connectivity index (χ2n) is 7.34. The minimum atomic E-state index is 0.761. The Kier molecular flexibility index (Phi) is 7.69. The van der Waals surface area contributed by atoms with Crippen molar-refractivity contribution in [3.8, 4) is 11.3 Å². The van der Waals surface area contributed by atoms with E-state index >= 15 is 0 Å². The molecule has 1 heterocycles. The molecule has 0 unspecified atom stereocenters. The Bertz CT molecular complexity index is 841. The lowest BCUT2D eigenvalue weighted by Gasteiger charge is -2.16. The first kappa shape index (κ1) is 20.3. The number of aryl methyl sites for hydroxylation is 1. The smallest absolute Gasteiger partial charge is 0.0919 e. The monoisotopic (exact) mass is 400 g/mol. The zero-order chi connectivity index (χ0) is 19.1. The van der Waals surface area contributed by atoms with Crippen molar-refractivity contribution < 1.29 is 0 Å². The van der Waals surface area contributed by atoms with Crippen LogP contribution in [0.4, 0.5) is 0 Å². The van der Waals surface area contributed by atoms with Crippen LogP contribution in [0, 0.1) is 0 Å². The number of rotatable bonds is 10. The quantitative estimate of drug-likeness (QED) is 0.338. The van der Waals surface area contributed by atoms with Crippen molar-refractivity contribution in [3.05, 3.63) is 53.1 Å². The normalized spacial score (nSPS) is 11.6. The first-order valence-corrected chi connectivity index (χ1v) is 11.2. The highest BCUT2D eigenvalue weighted by molar-refractivity contribution is 7.13. The summed E-state index contributed by atoms with van der Waals surface area (Å²) in [5.41, 5.74) is 3.61. The second-order valence-corrected chi connectivity index (χ2v) is 8.58. The van der Waals surface area contributed by atoms with Gasteiger partial charge in [-0.05, 0) is 81.1 Å². The molecule has 0 N–H and O–H groups in total. The van der Waals surface area contributed by atoms with Gasteiger partial charge in [-0.1, -0.05) is 55.6 Å². The van der Waals surface area contributed by atoms with Crippen molar-refractivity contribution in [2.75, 3.05) is 20.1 Å². The molecule has 0 saturated heterocycles. The highest BCUT2D eigenvalue weighted by Crippen LogP contribution is 2.32. The average molecular weight is 401 g/mol. The van der Waals surface area contributed by atoms with E-state index < -0.39 is 0 Å². The van der Waals surface area contributed by atoms with Crippen LogP contribution in [-0.2, 0) is 6.42 Å². The number of benzene rings is 2. The highest BCUT2D eigenvalue weighted by Gasteiger charge is 2.09. The molecule has 0 atom stereocenters. The summed E-state index contributed by atoms with van der Waals surface area (Å²) in [5.74, 6) is 0. The van der Waals surface area contributed by atoms with Gasteiger partial charge in [-0.15, -0.1) is 0 Å². The summed E-state index contributed by atoms with van der Waals surface area (Å²) >= 11 is 7.59. The van der Waals surface area contributed by atoms with Crippen molar-refractivity contribution in [3.63, 3.8) is 0 Å². The Balaban J connectivity index is 1.54. The summed E-state index contributed by atoms with van der Waals surface area (Å²) in [6.07, 6.45) is 7.62. The lowest BCUT2D eigenvalue weighted by molar-refractivity contribution is 0.318. The van der Waals surface area contributed by atoms with Crippen LogP contribution in [0.15, 0.2) is 42.5 Å². The van der Waals surface area contributed by atoms with Crippen molar-refractivity contribution in [2.45, 2.75) is 45.4 Å². The Morgan fingerprint density at radius 2 is 1.70 bits per heavy atom. The molecule has 27 heavy (non-hydrogen) atoms. The molecule has 0 aliphatic rings. The second kappa shape index (κ2) is 10.2. The van der Waals surface area contributed by atoms with Crippen LogP contribution < -0.4 is 0 Å². The van der Waals surface area contributed by atoms with Gasteiger partial charge in [0.15, 0.2) is 0 Å². The zero-order valence-corrected chi connectivity index (χ0v) is 18.0. The van der Waals surface area contributed by atoms with E-state index in [9.17, 15) is 0 Å². The Labute approximate surface area is 172 Å². The van der Waals surface area contributed by atoms with Gasteiger partial charge < -0.3 is 4.90 Å². The Morgan fingerprint density at radius 3 is 2.44 bits per heavy atom. The van der Waals surface area contributed by atoms with Crippen LogP contribution in [0.3, 0.4) is 0 Å². The van der Waals surface area contributed by atoms with Gasteiger partial charge in [0.25, 0.3) is 0 Å². The number of aromatic nitrogens is 1. The largest absolute Gasteiger partial charge is 0.306 e. The maximum absolute atomic E-state index is 6.00. The van der Waals surface area contributed by atoms with Crippen molar-refractivity contribution in [1.29, 1.82) is 0 Å². The molecule has 1 aromatic heterocycles. The lowest BCUT2D eigenvalue weighted by Crippen LogP contribution is -2.20. The molecule has 0 bridgehead atoms. The molecule has 2 aromatic carbocycles. The van der Waals surface area contributed by atoms with Crippen LogP contribution in [0.25, 0.3) is 21.3 Å². The average Bonchev–Trinajstić information content (AvgIpc) is 3.09. The van der Waals surface area contributed by atoms with Crippen LogP contribution in [0.5, 0.6) is 0 Å². The van der Waals surface area contributed by atoms with Gasteiger partial charge in [0.05, 0.1) is 10.4 Å². The van der Waals surface area contributed by atoms with E-state index in [4.69, 9.17) is 11.6 Å². The summed E-state index contributed by atoms with van der Waals surface area (Å²) in [6.45, 7) is 4.69. The molecule has 3 rings (SSSR count). The number of fused-ring (bicyclic) bond motifs is 1. The molecule has 0 fully saturated rings. The van der Waals surface area contributed by atoms with Gasteiger partial charge in [-0.3, -0.25) is 0 Å². The van der Waals surface area contributed by atoms with E-state index in [-0.39, 0.29) is 0 Å². The molecule has 144 valence electrons. The molecule has 4 heteroatoms. The number of hydrogen-bond donors (Lipinski definition) is 0. The maximum Gasteiger partial charge on any atom is 0.0919 e.